The molecule has 1 heterocycles. The third-order valence-electron chi connectivity index (χ3n) is 2.41. The highest BCUT2D eigenvalue weighted by Crippen LogP contribution is 2.19. The number of nitrogens with zero attached hydrogens (tertiary/aromatic N) is 1. The summed E-state index contributed by atoms with van der Waals surface area (Å²) < 4.78 is 0. The first kappa shape index (κ1) is 12.9. The quantitative estimate of drug-likeness (QED) is 0.607. The van der Waals surface area contributed by atoms with E-state index in [1.165, 1.54) is 0 Å². The largest absolute Gasteiger partial charge is 0.311 e. The fraction of sp³-hybridized carbons (Fsp3) is 0.500. The van der Waals surface area contributed by atoms with Gasteiger partial charge in [-0.15, -0.1) is 6.58 Å². The Balaban J connectivity index is 2.57. The van der Waals surface area contributed by atoms with Gasteiger partial charge in [-0.05, 0) is 25.1 Å². The highest BCUT2D eigenvalue weighted by Gasteiger charge is 2.14. The van der Waals surface area contributed by atoms with Crippen LogP contribution in [0.25, 0.3) is 0 Å². The molecule has 0 saturated carbocycles. The van der Waals surface area contributed by atoms with E-state index in [4.69, 9.17) is 0 Å². The molecular weight excluding hydrogens is 196 g/mol. The first-order valence-electron chi connectivity index (χ1n) is 5.82. The molecule has 0 aliphatic heterocycles. The lowest BCUT2D eigenvalue weighted by Gasteiger charge is -2.18. The van der Waals surface area contributed by atoms with Gasteiger partial charge in [0.25, 0.3) is 0 Å². The van der Waals surface area contributed by atoms with E-state index in [9.17, 15) is 0 Å². The van der Waals surface area contributed by atoms with Crippen LogP contribution in [0.15, 0.2) is 30.9 Å². The van der Waals surface area contributed by atoms with Crippen LogP contribution in [0.1, 0.15) is 38.6 Å². The summed E-state index contributed by atoms with van der Waals surface area (Å²) in [7, 11) is 0. The van der Waals surface area contributed by atoms with Crippen LogP contribution in [-0.4, -0.2) is 11.5 Å². The van der Waals surface area contributed by atoms with Crippen LogP contribution in [0.3, 0.4) is 0 Å². The van der Waals surface area contributed by atoms with Crippen LogP contribution in [0.2, 0.25) is 0 Å². The molecule has 0 atom stereocenters. The monoisotopic (exact) mass is 218 g/mol. The van der Waals surface area contributed by atoms with Crippen molar-refractivity contribution in [1.29, 1.82) is 0 Å². The second-order valence-corrected chi connectivity index (χ2v) is 5.02. The van der Waals surface area contributed by atoms with Crippen molar-refractivity contribution in [3.8, 4) is 0 Å². The summed E-state index contributed by atoms with van der Waals surface area (Å²) in [6, 6.07) is 6.24. The maximum atomic E-state index is 4.65. The highest BCUT2D eigenvalue weighted by atomic mass is 14.9. The van der Waals surface area contributed by atoms with Crippen molar-refractivity contribution in [2.24, 2.45) is 0 Å². The van der Waals surface area contributed by atoms with Gasteiger partial charge in [-0.2, -0.15) is 0 Å². The van der Waals surface area contributed by atoms with Gasteiger partial charge < -0.3 is 5.32 Å². The second-order valence-electron chi connectivity index (χ2n) is 5.02. The smallest absolute Gasteiger partial charge is 0.0545 e. The number of hydrogen-bond acceptors (Lipinski definition) is 2. The van der Waals surface area contributed by atoms with E-state index in [1.807, 2.05) is 6.08 Å². The van der Waals surface area contributed by atoms with Gasteiger partial charge in [-0.1, -0.05) is 32.9 Å². The molecule has 1 rings (SSSR count). The third kappa shape index (κ3) is 4.15. The zero-order chi connectivity index (χ0) is 12.0. The van der Waals surface area contributed by atoms with Crippen LogP contribution in [-0.2, 0) is 12.0 Å². The summed E-state index contributed by atoms with van der Waals surface area (Å²) in [6.07, 6.45) is 2.92. The summed E-state index contributed by atoms with van der Waals surface area (Å²) in [4.78, 5) is 4.65. The summed E-state index contributed by atoms with van der Waals surface area (Å²) in [6.45, 7) is 12.0. The van der Waals surface area contributed by atoms with Crippen LogP contribution in [0, 0.1) is 0 Å². The van der Waals surface area contributed by atoms with E-state index in [0.717, 1.165) is 30.9 Å². The molecule has 0 radical (unpaired) electrons. The molecule has 16 heavy (non-hydrogen) atoms. The molecule has 88 valence electrons. The molecular formula is C14H22N2. The number of hydrogen-bond donors (Lipinski definition) is 1. The average molecular weight is 218 g/mol. The molecule has 0 saturated heterocycles. The minimum absolute atomic E-state index is 0.122. The van der Waals surface area contributed by atoms with Crippen molar-refractivity contribution in [3.05, 3.63) is 42.2 Å². The maximum absolute atomic E-state index is 4.65. The van der Waals surface area contributed by atoms with Gasteiger partial charge in [0, 0.05) is 17.7 Å². The zero-order valence-electron chi connectivity index (χ0n) is 10.6. The van der Waals surface area contributed by atoms with Crippen molar-refractivity contribution in [2.75, 3.05) is 6.54 Å². The molecule has 0 aliphatic rings. The standard InChI is InChI=1S/C14H22N2/c1-5-6-10-15-11-12-8-7-9-13(16-12)14(2,3)4/h5,7-9,15H,1,6,10-11H2,2-4H3. The molecule has 0 fully saturated rings. The Morgan fingerprint density at radius 2 is 2.12 bits per heavy atom. The minimum atomic E-state index is 0.122. The molecule has 0 amide bonds. The molecule has 1 N–H and O–H groups in total. The molecule has 0 aliphatic carbocycles. The van der Waals surface area contributed by atoms with E-state index < -0.39 is 0 Å². The van der Waals surface area contributed by atoms with Gasteiger partial charge in [-0.25, -0.2) is 0 Å². The van der Waals surface area contributed by atoms with E-state index in [0.29, 0.717) is 0 Å². The van der Waals surface area contributed by atoms with Gasteiger partial charge >= 0.3 is 0 Å². The van der Waals surface area contributed by atoms with Crippen LogP contribution in [0.5, 0.6) is 0 Å². The first-order chi connectivity index (χ1) is 7.54. The summed E-state index contributed by atoms with van der Waals surface area (Å²) in [5.74, 6) is 0. The highest BCUT2D eigenvalue weighted by molar-refractivity contribution is 5.17. The number of aromatic nitrogens is 1. The third-order valence-corrected chi connectivity index (χ3v) is 2.41. The fourth-order valence-electron chi connectivity index (χ4n) is 1.42. The molecule has 0 aromatic carbocycles. The van der Waals surface area contributed by atoms with E-state index in [2.05, 4.69) is 55.9 Å². The normalized spacial score (nSPS) is 11.4. The minimum Gasteiger partial charge on any atom is -0.311 e. The molecule has 0 bridgehead atoms. The van der Waals surface area contributed by atoms with E-state index >= 15 is 0 Å². The Kier molecular flexibility index (Phi) is 4.69. The van der Waals surface area contributed by atoms with Gasteiger partial charge in [0.1, 0.15) is 0 Å². The topological polar surface area (TPSA) is 24.9 Å². The lowest BCUT2D eigenvalue weighted by atomic mass is 9.91. The van der Waals surface area contributed by atoms with E-state index in [-0.39, 0.29) is 5.41 Å². The second kappa shape index (κ2) is 5.80. The number of rotatable bonds is 5. The van der Waals surface area contributed by atoms with Gasteiger partial charge in [0.05, 0.1) is 5.69 Å². The predicted molar refractivity (Wildman–Crippen MR) is 69.5 cm³/mol. The van der Waals surface area contributed by atoms with Crippen molar-refractivity contribution in [3.63, 3.8) is 0 Å². The zero-order valence-corrected chi connectivity index (χ0v) is 10.6. The fourth-order valence-corrected chi connectivity index (χ4v) is 1.42. The van der Waals surface area contributed by atoms with Gasteiger partial charge in [-0.3, -0.25) is 4.98 Å². The molecule has 2 nitrogen and oxygen atoms in total. The van der Waals surface area contributed by atoms with Gasteiger partial charge in [0.2, 0.25) is 0 Å². The Morgan fingerprint density at radius 1 is 1.38 bits per heavy atom. The number of nitrogens with one attached hydrogen (secondary N) is 1. The van der Waals surface area contributed by atoms with Gasteiger partial charge in [0.15, 0.2) is 0 Å². The average Bonchev–Trinajstić information content (AvgIpc) is 2.24. The summed E-state index contributed by atoms with van der Waals surface area (Å²) in [5, 5.41) is 3.35. The predicted octanol–water partition coefficient (Wildman–Crippen LogP) is 3.04. The Morgan fingerprint density at radius 3 is 2.75 bits per heavy atom. The van der Waals surface area contributed by atoms with Crippen molar-refractivity contribution < 1.29 is 0 Å². The van der Waals surface area contributed by atoms with Crippen LogP contribution < -0.4 is 5.32 Å². The van der Waals surface area contributed by atoms with Crippen molar-refractivity contribution in [2.45, 2.75) is 39.2 Å². The molecule has 1 aromatic heterocycles. The SMILES string of the molecule is C=CCCNCc1cccc(C(C)(C)C)n1. The number of pyridine rings is 1. The molecule has 0 spiro atoms. The van der Waals surface area contributed by atoms with Crippen LogP contribution >= 0.6 is 0 Å². The summed E-state index contributed by atoms with van der Waals surface area (Å²) >= 11 is 0. The Bertz CT molecular complexity index is 337. The van der Waals surface area contributed by atoms with Crippen LogP contribution in [0.4, 0.5) is 0 Å². The molecule has 2 heteroatoms. The maximum Gasteiger partial charge on any atom is 0.0545 e. The lowest BCUT2D eigenvalue weighted by Crippen LogP contribution is -2.18. The Hall–Kier alpha value is -1.15. The Labute approximate surface area is 98.8 Å². The van der Waals surface area contributed by atoms with Crippen molar-refractivity contribution in [1.82, 2.24) is 10.3 Å². The lowest BCUT2D eigenvalue weighted by molar-refractivity contribution is 0.561. The van der Waals surface area contributed by atoms with Crippen molar-refractivity contribution >= 4 is 0 Å². The molecule has 1 aromatic rings. The first-order valence-corrected chi connectivity index (χ1v) is 5.82. The molecule has 0 unspecified atom stereocenters. The van der Waals surface area contributed by atoms with E-state index in [1.54, 1.807) is 0 Å². The summed E-state index contributed by atoms with van der Waals surface area (Å²) in [5.41, 5.74) is 2.38.